The lowest BCUT2D eigenvalue weighted by molar-refractivity contribution is 0.353. The summed E-state index contributed by atoms with van der Waals surface area (Å²) in [4.78, 5) is 5.70. The lowest BCUT2D eigenvalue weighted by Crippen LogP contribution is -2.27. The molecule has 2 aromatic rings. The summed E-state index contributed by atoms with van der Waals surface area (Å²) in [7, 11) is 1.98. The number of nitrogens with zero attached hydrogens (tertiary/aromatic N) is 2. The Morgan fingerprint density at radius 3 is 2.71 bits per heavy atom. The molecular formula is C16H23N3OS. The molecule has 0 fully saturated rings. The molecule has 1 N–H and O–H groups in total. The summed E-state index contributed by atoms with van der Waals surface area (Å²) in [5.74, 6) is 2.23. The molecule has 1 unspecified atom stereocenters. The first kappa shape index (κ1) is 16.0. The summed E-state index contributed by atoms with van der Waals surface area (Å²) in [5, 5.41) is 7.35. The number of rotatable bonds is 8. The molecule has 1 aromatic carbocycles. The van der Waals surface area contributed by atoms with E-state index in [1.807, 2.05) is 7.05 Å². The van der Waals surface area contributed by atoms with Gasteiger partial charge in [-0.25, -0.2) is 0 Å². The van der Waals surface area contributed by atoms with Gasteiger partial charge in [-0.3, -0.25) is 0 Å². The number of benzene rings is 1. The first-order valence-corrected chi connectivity index (χ1v) is 8.38. The fourth-order valence-electron chi connectivity index (χ4n) is 2.12. The second-order valence-corrected chi connectivity index (χ2v) is 6.23. The smallest absolute Gasteiger partial charge is 0.228 e. The summed E-state index contributed by atoms with van der Waals surface area (Å²) < 4.78 is 5.34. The minimum atomic E-state index is 0.410. The number of aryl methyl sites for hydroxylation is 1. The van der Waals surface area contributed by atoms with Crippen molar-refractivity contribution in [2.24, 2.45) is 0 Å². The van der Waals surface area contributed by atoms with Gasteiger partial charge in [-0.1, -0.05) is 36.2 Å². The Labute approximate surface area is 130 Å². The van der Waals surface area contributed by atoms with Crippen LogP contribution in [0.3, 0.4) is 0 Å². The Morgan fingerprint density at radius 1 is 1.29 bits per heavy atom. The number of hydrogen-bond donors (Lipinski definition) is 1. The van der Waals surface area contributed by atoms with Crippen molar-refractivity contribution in [2.45, 2.75) is 49.8 Å². The van der Waals surface area contributed by atoms with E-state index in [9.17, 15) is 0 Å². The number of nitrogens with one attached hydrogen (secondary N) is 1. The molecule has 0 spiro atoms. The molecule has 4 nitrogen and oxygen atoms in total. The van der Waals surface area contributed by atoms with Crippen molar-refractivity contribution in [2.75, 3.05) is 7.05 Å². The van der Waals surface area contributed by atoms with Gasteiger partial charge in [-0.2, -0.15) is 4.98 Å². The molecule has 0 bridgehead atoms. The first-order chi connectivity index (χ1) is 10.2. The highest BCUT2D eigenvalue weighted by Gasteiger charge is 2.12. The summed E-state index contributed by atoms with van der Waals surface area (Å²) in [5.41, 5.74) is 1.27. The van der Waals surface area contributed by atoms with Crippen LogP contribution in [0.4, 0.5) is 0 Å². The molecule has 0 radical (unpaired) electrons. The summed E-state index contributed by atoms with van der Waals surface area (Å²) >= 11 is 1.73. The molecule has 5 heteroatoms. The van der Waals surface area contributed by atoms with Crippen LogP contribution in [0.1, 0.15) is 37.0 Å². The fourth-order valence-corrected chi connectivity index (χ4v) is 2.86. The summed E-state index contributed by atoms with van der Waals surface area (Å²) in [6.07, 6.45) is 3.06. The van der Waals surface area contributed by atoms with Crippen LogP contribution in [-0.2, 0) is 12.2 Å². The second-order valence-electron chi connectivity index (χ2n) is 5.18. The van der Waals surface area contributed by atoms with Crippen molar-refractivity contribution in [3.63, 3.8) is 0 Å². The monoisotopic (exact) mass is 305 g/mol. The van der Waals surface area contributed by atoms with Gasteiger partial charge in [0.15, 0.2) is 5.82 Å². The van der Waals surface area contributed by atoms with Gasteiger partial charge in [0, 0.05) is 17.4 Å². The third kappa shape index (κ3) is 5.17. The van der Waals surface area contributed by atoms with Crippen molar-refractivity contribution >= 4 is 11.8 Å². The minimum Gasteiger partial charge on any atom is -0.339 e. The van der Waals surface area contributed by atoms with Gasteiger partial charge in [-0.05, 0) is 32.5 Å². The normalized spacial score (nSPS) is 12.5. The molecule has 0 amide bonds. The fraction of sp³-hybridized carbons (Fsp3) is 0.500. The van der Waals surface area contributed by atoms with Crippen molar-refractivity contribution < 1.29 is 4.52 Å². The van der Waals surface area contributed by atoms with Gasteiger partial charge < -0.3 is 9.84 Å². The van der Waals surface area contributed by atoms with Crippen molar-refractivity contribution in [3.8, 4) is 0 Å². The predicted octanol–water partition coefficient (Wildman–Crippen LogP) is 3.60. The number of hydrogen-bond acceptors (Lipinski definition) is 5. The molecule has 21 heavy (non-hydrogen) atoms. The standard InChI is InChI=1S/C16H23N3OS/c1-4-5-13(17-3)10-16-18-15(19-20-16)11-21-14-8-6-12(2)7-9-14/h6-9,13,17H,4-5,10-11H2,1-3H3. The molecule has 0 aliphatic heterocycles. The van der Waals surface area contributed by atoms with Crippen LogP contribution in [0.25, 0.3) is 0 Å². The van der Waals surface area contributed by atoms with E-state index in [1.54, 1.807) is 11.8 Å². The summed E-state index contributed by atoms with van der Waals surface area (Å²) in [6.45, 7) is 4.27. The highest BCUT2D eigenvalue weighted by molar-refractivity contribution is 7.98. The van der Waals surface area contributed by atoms with Crippen LogP contribution in [-0.4, -0.2) is 23.2 Å². The zero-order valence-electron chi connectivity index (χ0n) is 12.9. The maximum Gasteiger partial charge on any atom is 0.228 e. The van der Waals surface area contributed by atoms with Crippen molar-refractivity contribution in [1.29, 1.82) is 0 Å². The number of likely N-dealkylation sites (N-methyl/N-ethyl adjacent to an activating group) is 1. The summed E-state index contributed by atoms with van der Waals surface area (Å²) in [6, 6.07) is 8.89. The average molecular weight is 305 g/mol. The quantitative estimate of drug-likeness (QED) is 0.755. The van der Waals surface area contributed by atoms with Gasteiger partial charge in [0.05, 0.1) is 5.75 Å². The van der Waals surface area contributed by atoms with Gasteiger partial charge in [0.2, 0.25) is 5.89 Å². The largest absolute Gasteiger partial charge is 0.339 e. The van der Waals surface area contributed by atoms with E-state index in [1.165, 1.54) is 10.5 Å². The van der Waals surface area contributed by atoms with Crippen molar-refractivity contribution in [3.05, 3.63) is 41.5 Å². The molecule has 0 saturated heterocycles. The van der Waals surface area contributed by atoms with Crippen LogP contribution in [0.2, 0.25) is 0 Å². The Kier molecular flexibility index (Phi) is 6.26. The van der Waals surface area contributed by atoms with Crippen LogP contribution in [0, 0.1) is 6.92 Å². The zero-order valence-corrected chi connectivity index (χ0v) is 13.7. The molecular weight excluding hydrogens is 282 g/mol. The van der Waals surface area contributed by atoms with E-state index in [4.69, 9.17) is 4.52 Å². The molecule has 2 rings (SSSR count). The van der Waals surface area contributed by atoms with Crippen LogP contribution in [0.15, 0.2) is 33.7 Å². The van der Waals surface area contributed by atoms with Gasteiger partial charge in [0.1, 0.15) is 0 Å². The number of aromatic nitrogens is 2. The molecule has 1 aromatic heterocycles. The van der Waals surface area contributed by atoms with Crippen LogP contribution in [0.5, 0.6) is 0 Å². The maximum atomic E-state index is 5.34. The minimum absolute atomic E-state index is 0.410. The zero-order chi connectivity index (χ0) is 15.1. The first-order valence-electron chi connectivity index (χ1n) is 7.39. The van der Waals surface area contributed by atoms with E-state index in [2.05, 4.69) is 53.6 Å². The molecule has 0 saturated carbocycles. The second kappa shape index (κ2) is 8.20. The highest BCUT2D eigenvalue weighted by Crippen LogP contribution is 2.22. The molecule has 0 aliphatic rings. The highest BCUT2D eigenvalue weighted by atomic mass is 32.2. The van der Waals surface area contributed by atoms with E-state index in [0.29, 0.717) is 6.04 Å². The molecule has 114 valence electrons. The van der Waals surface area contributed by atoms with E-state index >= 15 is 0 Å². The van der Waals surface area contributed by atoms with Gasteiger partial charge >= 0.3 is 0 Å². The third-order valence-electron chi connectivity index (χ3n) is 3.37. The van der Waals surface area contributed by atoms with E-state index in [-0.39, 0.29) is 0 Å². The SMILES string of the molecule is CCCC(Cc1nc(CSc2ccc(C)cc2)no1)NC. The number of thioether (sulfide) groups is 1. The molecule has 1 heterocycles. The average Bonchev–Trinajstić information content (AvgIpc) is 2.94. The van der Waals surface area contributed by atoms with Crippen LogP contribution >= 0.6 is 11.8 Å². The predicted molar refractivity (Wildman–Crippen MR) is 86.5 cm³/mol. The Hall–Kier alpha value is -1.33. The van der Waals surface area contributed by atoms with Gasteiger partial charge in [-0.15, -0.1) is 11.8 Å². The van der Waals surface area contributed by atoms with Gasteiger partial charge in [0.25, 0.3) is 0 Å². The third-order valence-corrected chi connectivity index (χ3v) is 4.37. The lowest BCUT2D eigenvalue weighted by atomic mass is 10.1. The Morgan fingerprint density at radius 2 is 2.05 bits per heavy atom. The Balaban J connectivity index is 1.86. The maximum absolute atomic E-state index is 5.34. The van der Waals surface area contributed by atoms with E-state index in [0.717, 1.165) is 36.7 Å². The molecule has 1 atom stereocenters. The Bertz CT molecular complexity index is 539. The molecule has 0 aliphatic carbocycles. The van der Waals surface area contributed by atoms with Crippen molar-refractivity contribution in [1.82, 2.24) is 15.5 Å². The lowest BCUT2D eigenvalue weighted by Gasteiger charge is -2.11. The topological polar surface area (TPSA) is 51.0 Å². The van der Waals surface area contributed by atoms with E-state index < -0.39 is 0 Å². The van der Waals surface area contributed by atoms with Crippen LogP contribution < -0.4 is 5.32 Å².